The molecule has 0 aromatic heterocycles. The molecule has 4 heteroatoms. The zero-order chi connectivity index (χ0) is 14.1. The van der Waals surface area contributed by atoms with Crippen LogP contribution in [-0.4, -0.2) is 36.2 Å². The van der Waals surface area contributed by atoms with E-state index in [4.69, 9.17) is 4.84 Å². The Morgan fingerprint density at radius 1 is 1.26 bits per heavy atom. The first kappa shape index (κ1) is 16.0. The number of piperidine rings is 1. The lowest BCUT2D eigenvalue weighted by Crippen LogP contribution is -2.37. The Morgan fingerprint density at radius 2 is 1.89 bits per heavy atom. The summed E-state index contributed by atoms with van der Waals surface area (Å²) in [5.74, 6) is 1.04. The summed E-state index contributed by atoms with van der Waals surface area (Å²) in [6.45, 7) is 8.80. The van der Waals surface area contributed by atoms with Gasteiger partial charge in [-0.05, 0) is 38.0 Å². The lowest BCUT2D eigenvalue weighted by atomic mass is 9.99. The van der Waals surface area contributed by atoms with Gasteiger partial charge in [0.15, 0.2) is 0 Å². The SMILES string of the molecule is CCC(CC)=NOCCCC(=O)N1CCC(C)CC1. The highest BCUT2D eigenvalue weighted by Gasteiger charge is 2.19. The average Bonchev–Trinajstić information content (AvgIpc) is 2.43. The van der Waals surface area contributed by atoms with Gasteiger partial charge in [0.05, 0.1) is 5.71 Å². The summed E-state index contributed by atoms with van der Waals surface area (Å²) in [5, 5.41) is 4.07. The Labute approximate surface area is 117 Å². The summed E-state index contributed by atoms with van der Waals surface area (Å²) in [7, 11) is 0. The number of carbonyl (C=O) groups is 1. The van der Waals surface area contributed by atoms with Crippen LogP contribution in [-0.2, 0) is 9.63 Å². The molecule has 19 heavy (non-hydrogen) atoms. The first-order valence-corrected chi connectivity index (χ1v) is 7.62. The molecule has 0 radical (unpaired) electrons. The van der Waals surface area contributed by atoms with Crippen molar-refractivity contribution in [1.29, 1.82) is 0 Å². The topological polar surface area (TPSA) is 41.9 Å². The smallest absolute Gasteiger partial charge is 0.222 e. The van der Waals surface area contributed by atoms with Gasteiger partial charge in [-0.1, -0.05) is 25.9 Å². The quantitative estimate of drug-likeness (QED) is 0.404. The molecule has 0 saturated carbocycles. The Morgan fingerprint density at radius 3 is 2.47 bits per heavy atom. The first-order valence-electron chi connectivity index (χ1n) is 7.62. The Bertz CT molecular complexity index is 289. The van der Waals surface area contributed by atoms with E-state index in [1.165, 1.54) is 0 Å². The standard InChI is InChI=1S/C15H28N2O2/c1-4-14(5-2)16-19-12-6-7-15(18)17-10-8-13(3)9-11-17/h13H,4-12H2,1-3H3. The van der Waals surface area contributed by atoms with Gasteiger partial charge in [-0.25, -0.2) is 0 Å². The first-order chi connectivity index (χ1) is 9.17. The van der Waals surface area contributed by atoms with Crippen molar-refractivity contribution in [3.8, 4) is 0 Å². The van der Waals surface area contributed by atoms with Gasteiger partial charge < -0.3 is 9.74 Å². The summed E-state index contributed by atoms with van der Waals surface area (Å²) < 4.78 is 0. The minimum atomic E-state index is 0.269. The van der Waals surface area contributed by atoms with Gasteiger partial charge in [0, 0.05) is 19.5 Å². The average molecular weight is 268 g/mol. The van der Waals surface area contributed by atoms with Crippen LogP contribution in [0.4, 0.5) is 0 Å². The number of hydrogen-bond acceptors (Lipinski definition) is 3. The summed E-state index contributed by atoms with van der Waals surface area (Å²) in [6, 6.07) is 0. The van der Waals surface area contributed by atoms with Crippen molar-refractivity contribution in [2.45, 2.75) is 59.3 Å². The maximum atomic E-state index is 11.9. The van der Waals surface area contributed by atoms with Crippen molar-refractivity contribution in [2.24, 2.45) is 11.1 Å². The minimum Gasteiger partial charge on any atom is -0.396 e. The highest BCUT2D eigenvalue weighted by Crippen LogP contribution is 2.16. The van der Waals surface area contributed by atoms with E-state index in [9.17, 15) is 4.79 Å². The molecule has 1 rings (SSSR count). The van der Waals surface area contributed by atoms with Gasteiger partial charge in [0.2, 0.25) is 5.91 Å². The highest BCUT2D eigenvalue weighted by atomic mass is 16.6. The lowest BCUT2D eigenvalue weighted by Gasteiger charge is -2.30. The molecule has 1 saturated heterocycles. The van der Waals surface area contributed by atoms with E-state index >= 15 is 0 Å². The molecule has 0 aromatic carbocycles. The van der Waals surface area contributed by atoms with Gasteiger partial charge in [0.1, 0.15) is 6.61 Å². The maximum Gasteiger partial charge on any atom is 0.222 e. The lowest BCUT2D eigenvalue weighted by molar-refractivity contribution is -0.132. The fraction of sp³-hybridized carbons (Fsp3) is 0.867. The predicted molar refractivity (Wildman–Crippen MR) is 78.2 cm³/mol. The van der Waals surface area contributed by atoms with Crippen molar-refractivity contribution in [3.63, 3.8) is 0 Å². The van der Waals surface area contributed by atoms with E-state index in [-0.39, 0.29) is 5.91 Å². The molecule has 1 aliphatic heterocycles. The fourth-order valence-corrected chi connectivity index (χ4v) is 2.22. The Balaban J connectivity index is 2.12. The normalized spacial score (nSPS) is 16.3. The number of amides is 1. The summed E-state index contributed by atoms with van der Waals surface area (Å²) >= 11 is 0. The summed E-state index contributed by atoms with van der Waals surface area (Å²) in [4.78, 5) is 19.2. The predicted octanol–water partition coefficient (Wildman–Crippen LogP) is 3.22. The molecule has 0 aliphatic carbocycles. The Kier molecular flexibility index (Phi) is 7.53. The molecule has 0 spiro atoms. The highest BCUT2D eigenvalue weighted by molar-refractivity contribution is 5.83. The maximum absolute atomic E-state index is 11.9. The van der Waals surface area contributed by atoms with E-state index in [1.807, 2.05) is 4.90 Å². The third-order valence-electron chi connectivity index (χ3n) is 3.77. The van der Waals surface area contributed by atoms with Crippen LogP contribution in [0, 0.1) is 5.92 Å². The van der Waals surface area contributed by atoms with Crippen LogP contribution in [0.15, 0.2) is 5.16 Å². The van der Waals surface area contributed by atoms with E-state index in [1.54, 1.807) is 0 Å². The van der Waals surface area contributed by atoms with E-state index in [0.717, 1.165) is 56.8 Å². The molecule has 110 valence electrons. The Hall–Kier alpha value is -1.06. The summed E-state index contributed by atoms with van der Waals surface area (Å²) in [6.07, 6.45) is 5.49. The van der Waals surface area contributed by atoms with Crippen molar-refractivity contribution in [3.05, 3.63) is 0 Å². The second-order valence-electron chi connectivity index (χ2n) is 5.36. The molecule has 0 unspecified atom stereocenters. The number of rotatable bonds is 7. The molecule has 0 atom stereocenters. The van der Waals surface area contributed by atoms with Crippen LogP contribution < -0.4 is 0 Å². The summed E-state index contributed by atoms with van der Waals surface area (Å²) in [5.41, 5.74) is 1.08. The third kappa shape index (κ3) is 6.08. The molecule has 1 amide bonds. The number of oxime groups is 1. The van der Waals surface area contributed by atoms with Gasteiger partial charge in [-0.15, -0.1) is 0 Å². The van der Waals surface area contributed by atoms with Crippen LogP contribution in [0.3, 0.4) is 0 Å². The number of hydrogen-bond donors (Lipinski definition) is 0. The largest absolute Gasteiger partial charge is 0.396 e. The van der Waals surface area contributed by atoms with Crippen molar-refractivity contribution >= 4 is 11.6 Å². The molecule has 0 N–H and O–H groups in total. The molecule has 1 heterocycles. The number of nitrogens with zero attached hydrogens (tertiary/aromatic N) is 2. The van der Waals surface area contributed by atoms with Gasteiger partial charge in [-0.2, -0.15) is 0 Å². The van der Waals surface area contributed by atoms with Crippen molar-refractivity contribution < 1.29 is 9.63 Å². The van der Waals surface area contributed by atoms with Crippen LogP contribution in [0.1, 0.15) is 59.3 Å². The molecular weight excluding hydrogens is 240 g/mol. The van der Waals surface area contributed by atoms with Crippen LogP contribution >= 0.6 is 0 Å². The third-order valence-corrected chi connectivity index (χ3v) is 3.77. The molecule has 1 aliphatic rings. The van der Waals surface area contributed by atoms with E-state index < -0.39 is 0 Å². The minimum absolute atomic E-state index is 0.269. The fourth-order valence-electron chi connectivity index (χ4n) is 2.22. The van der Waals surface area contributed by atoms with Crippen LogP contribution in [0.5, 0.6) is 0 Å². The van der Waals surface area contributed by atoms with E-state index in [0.29, 0.717) is 13.0 Å². The van der Waals surface area contributed by atoms with Crippen LogP contribution in [0.25, 0.3) is 0 Å². The van der Waals surface area contributed by atoms with Gasteiger partial charge >= 0.3 is 0 Å². The van der Waals surface area contributed by atoms with Crippen molar-refractivity contribution in [2.75, 3.05) is 19.7 Å². The number of likely N-dealkylation sites (tertiary alicyclic amines) is 1. The monoisotopic (exact) mass is 268 g/mol. The van der Waals surface area contributed by atoms with E-state index in [2.05, 4.69) is 25.9 Å². The zero-order valence-electron chi connectivity index (χ0n) is 12.7. The molecular formula is C15H28N2O2. The van der Waals surface area contributed by atoms with Crippen molar-refractivity contribution in [1.82, 2.24) is 4.90 Å². The van der Waals surface area contributed by atoms with Gasteiger partial charge in [0.25, 0.3) is 0 Å². The molecule has 0 bridgehead atoms. The van der Waals surface area contributed by atoms with Gasteiger partial charge in [-0.3, -0.25) is 4.79 Å². The molecule has 1 fully saturated rings. The number of carbonyl (C=O) groups excluding carboxylic acids is 1. The molecule has 4 nitrogen and oxygen atoms in total. The second-order valence-corrected chi connectivity index (χ2v) is 5.36. The molecule has 0 aromatic rings. The zero-order valence-corrected chi connectivity index (χ0v) is 12.7. The second kappa shape index (κ2) is 8.94. The van der Waals surface area contributed by atoms with Crippen LogP contribution in [0.2, 0.25) is 0 Å².